The van der Waals surface area contributed by atoms with Crippen molar-refractivity contribution in [2.24, 2.45) is 0 Å². The SMILES string of the molecule is CC[C@@H](O)c1cc(=O)c2c(O)c3c(cc2o1)O[C@@](C)(C/C=C/c1ccccc1)[C@H](O)C3. The van der Waals surface area contributed by atoms with Gasteiger partial charge in [0.25, 0.3) is 0 Å². The highest BCUT2D eigenvalue weighted by Gasteiger charge is 2.41. The van der Waals surface area contributed by atoms with E-state index in [1.54, 1.807) is 13.0 Å². The van der Waals surface area contributed by atoms with Crippen LogP contribution in [-0.2, 0) is 6.42 Å². The molecule has 6 nitrogen and oxygen atoms in total. The Morgan fingerprint density at radius 3 is 2.71 bits per heavy atom. The number of phenolic OH excluding ortho intramolecular Hbond substituents is 1. The molecule has 4 rings (SSSR count). The van der Waals surface area contributed by atoms with Crippen molar-refractivity contribution in [3.8, 4) is 11.5 Å². The predicted octanol–water partition coefficient (Wildman–Crippen LogP) is 4.10. The molecule has 3 aromatic rings. The fraction of sp³-hybridized carbons (Fsp3) is 0.320. The average molecular weight is 422 g/mol. The molecule has 0 radical (unpaired) electrons. The number of aliphatic hydroxyl groups excluding tert-OH is 2. The molecule has 1 aliphatic rings. The van der Waals surface area contributed by atoms with Crippen LogP contribution in [0.25, 0.3) is 17.0 Å². The molecule has 2 heterocycles. The van der Waals surface area contributed by atoms with Crippen LogP contribution in [0.3, 0.4) is 0 Å². The topological polar surface area (TPSA) is 100 Å². The Kier molecular flexibility index (Phi) is 5.60. The Bertz CT molecular complexity index is 1180. The zero-order chi connectivity index (χ0) is 22.2. The first-order valence-corrected chi connectivity index (χ1v) is 10.4. The van der Waals surface area contributed by atoms with Crippen LogP contribution in [0.2, 0.25) is 0 Å². The summed E-state index contributed by atoms with van der Waals surface area (Å²) in [6.45, 7) is 3.59. The number of phenols is 1. The van der Waals surface area contributed by atoms with Crippen molar-refractivity contribution in [1.82, 2.24) is 0 Å². The lowest BCUT2D eigenvalue weighted by atomic mass is 9.86. The molecule has 0 fully saturated rings. The third-order valence-electron chi connectivity index (χ3n) is 5.87. The summed E-state index contributed by atoms with van der Waals surface area (Å²) in [5, 5.41) is 31.6. The van der Waals surface area contributed by atoms with Crippen molar-refractivity contribution in [3.63, 3.8) is 0 Å². The van der Waals surface area contributed by atoms with Crippen LogP contribution in [0.15, 0.2) is 57.8 Å². The minimum Gasteiger partial charge on any atom is -0.507 e. The van der Waals surface area contributed by atoms with Crippen LogP contribution >= 0.6 is 0 Å². The Morgan fingerprint density at radius 2 is 2.00 bits per heavy atom. The van der Waals surface area contributed by atoms with Gasteiger partial charge in [0.15, 0.2) is 5.43 Å². The number of rotatable bonds is 5. The summed E-state index contributed by atoms with van der Waals surface area (Å²) < 4.78 is 11.8. The van der Waals surface area contributed by atoms with E-state index in [0.29, 0.717) is 24.2 Å². The van der Waals surface area contributed by atoms with E-state index >= 15 is 0 Å². The van der Waals surface area contributed by atoms with Crippen molar-refractivity contribution >= 4 is 17.0 Å². The van der Waals surface area contributed by atoms with Gasteiger partial charge in [-0.1, -0.05) is 49.4 Å². The second-order valence-electron chi connectivity index (χ2n) is 8.16. The van der Waals surface area contributed by atoms with Crippen LogP contribution in [0.4, 0.5) is 0 Å². The number of fused-ring (bicyclic) bond motifs is 2. The molecule has 0 saturated carbocycles. The molecule has 0 spiro atoms. The average Bonchev–Trinajstić information content (AvgIpc) is 2.75. The lowest BCUT2D eigenvalue weighted by molar-refractivity contribution is -0.0523. The number of aliphatic hydroxyl groups is 2. The maximum atomic E-state index is 12.6. The summed E-state index contributed by atoms with van der Waals surface area (Å²) in [5.74, 6) is 0.251. The van der Waals surface area contributed by atoms with Crippen molar-refractivity contribution in [3.05, 3.63) is 75.7 Å². The Balaban J connectivity index is 1.70. The van der Waals surface area contributed by atoms with Gasteiger partial charge in [0.2, 0.25) is 0 Å². The third kappa shape index (κ3) is 3.96. The molecule has 162 valence electrons. The summed E-state index contributed by atoms with van der Waals surface area (Å²) in [7, 11) is 0. The first-order chi connectivity index (χ1) is 14.8. The van der Waals surface area contributed by atoms with Gasteiger partial charge in [0.1, 0.15) is 39.9 Å². The minimum absolute atomic E-state index is 0.0224. The number of ether oxygens (including phenoxy) is 1. The second-order valence-corrected chi connectivity index (χ2v) is 8.16. The molecule has 0 saturated heterocycles. The lowest BCUT2D eigenvalue weighted by Crippen LogP contribution is -2.48. The van der Waals surface area contributed by atoms with Crippen LogP contribution < -0.4 is 10.2 Å². The highest BCUT2D eigenvalue weighted by atomic mass is 16.5. The van der Waals surface area contributed by atoms with Gasteiger partial charge in [-0.3, -0.25) is 4.79 Å². The first-order valence-electron chi connectivity index (χ1n) is 10.4. The van der Waals surface area contributed by atoms with Crippen LogP contribution in [-0.4, -0.2) is 27.0 Å². The molecule has 3 N–H and O–H groups in total. The van der Waals surface area contributed by atoms with E-state index < -0.39 is 23.2 Å². The van der Waals surface area contributed by atoms with E-state index in [2.05, 4.69) is 0 Å². The second kappa shape index (κ2) is 8.21. The maximum absolute atomic E-state index is 12.6. The number of benzene rings is 2. The molecule has 6 heteroatoms. The minimum atomic E-state index is -0.917. The molecule has 0 aliphatic carbocycles. The quantitative estimate of drug-likeness (QED) is 0.572. The molecule has 0 amide bonds. The number of aromatic hydroxyl groups is 1. The van der Waals surface area contributed by atoms with Crippen molar-refractivity contribution in [2.45, 2.75) is 50.9 Å². The Hall–Kier alpha value is -3.09. The fourth-order valence-electron chi connectivity index (χ4n) is 3.89. The van der Waals surface area contributed by atoms with Gasteiger partial charge in [-0.05, 0) is 18.9 Å². The largest absolute Gasteiger partial charge is 0.507 e. The number of hydrogen-bond acceptors (Lipinski definition) is 6. The molecule has 0 bridgehead atoms. The fourth-order valence-corrected chi connectivity index (χ4v) is 3.89. The normalized spacial score (nSPS) is 21.7. The van der Waals surface area contributed by atoms with Crippen LogP contribution in [0, 0.1) is 0 Å². The Labute approximate surface area is 180 Å². The van der Waals surface area contributed by atoms with Gasteiger partial charge in [0, 0.05) is 30.5 Å². The summed E-state index contributed by atoms with van der Waals surface area (Å²) >= 11 is 0. The zero-order valence-corrected chi connectivity index (χ0v) is 17.5. The van der Waals surface area contributed by atoms with E-state index in [9.17, 15) is 20.1 Å². The van der Waals surface area contributed by atoms with Gasteiger partial charge in [-0.15, -0.1) is 0 Å². The summed E-state index contributed by atoms with van der Waals surface area (Å²) in [6, 6.07) is 12.6. The maximum Gasteiger partial charge on any atom is 0.196 e. The van der Waals surface area contributed by atoms with Crippen molar-refractivity contribution in [2.75, 3.05) is 0 Å². The molecule has 3 atom stereocenters. The van der Waals surface area contributed by atoms with E-state index in [1.807, 2.05) is 49.4 Å². The van der Waals surface area contributed by atoms with E-state index in [-0.39, 0.29) is 28.9 Å². The third-order valence-corrected chi connectivity index (χ3v) is 5.87. The summed E-state index contributed by atoms with van der Waals surface area (Å²) in [5.41, 5.74) is 0.200. The Morgan fingerprint density at radius 1 is 1.26 bits per heavy atom. The van der Waals surface area contributed by atoms with Gasteiger partial charge in [-0.2, -0.15) is 0 Å². The van der Waals surface area contributed by atoms with E-state index in [1.165, 1.54) is 6.07 Å². The van der Waals surface area contributed by atoms with Gasteiger partial charge in [0.05, 0.1) is 6.10 Å². The summed E-state index contributed by atoms with van der Waals surface area (Å²) in [4.78, 5) is 12.6. The smallest absolute Gasteiger partial charge is 0.196 e. The highest BCUT2D eigenvalue weighted by molar-refractivity contribution is 5.87. The van der Waals surface area contributed by atoms with E-state index in [4.69, 9.17) is 9.15 Å². The molecule has 31 heavy (non-hydrogen) atoms. The molecule has 1 aliphatic heterocycles. The molecular formula is C25H26O6. The molecule has 1 aromatic heterocycles. The van der Waals surface area contributed by atoms with Gasteiger partial charge in [-0.25, -0.2) is 0 Å². The van der Waals surface area contributed by atoms with Crippen LogP contribution in [0.1, 0.15) is 49.7 Å². The highest BCUT2D eigenvalue weighted by Crippen LogP contribution is 2.43. The van der Waals surface area contributed by atoms with E-state index in [0.717, 1.165) is 5.56 Å². The van der Waals surface area contributed by atoms with Crippen molar-refractivity contribution < 1.29 is 24.5 Å². The van der Waals surface area contributed by atoms with Gasteiger partial charge >= 0.3 is 0 Å². The zero-order valence-electron chi connectivity index (χ0n) is 17.5. The predicted molar refractivity (Wildman–Crippen MR) is 118 cm³/mol. The molecule has 0 unspecified atom stereocenters. The molecule has 2 aromatic carbocycles. The lowest BCUT2D eigenvalue weighted by Gasteiger charge is -2.39. The molecular weight excluding hydrogens is 396 g/mol. The van der Waals surface area contributed by atoms with Gasteiger partial charge < -0.3 is 24.5 Å². The summed E-state index contributed by atoms with van der Waals surface area (Å²) in [6.07, 6.45) is 3.10. The monoisotopic (exact) mass is 422 g/mol. The first kappa shape index (κ1) is 21.2. The van der Waals surface area contributed by atoms with Crippen LogP contribution in [0.5, 0.6) is 11.5 Å². The number of hydrogen-bond donors (Lipinski definition) is 3. The van der Waals surface area contributed by atoms with Crippen molar-refractivity contribution in [1.29, 1.82) is 0 Å². The standard InChI is InChI=1S/C25H26O6/c1-3-17(26)20-13-18(27)23-21(30-20)14-19-16(24(23)29)12-22(28)25(2,31-19)11-7-10-15-8-5-4-6-9-15/h4-10,13-14,17,22,26,28-29H,3,11-12H2,1-2H3/b10-7+/t17-,22-,25+/m1/s1.